The maximum absolute atomic E-state index is 10.7. The summed E-state index contributed by atoms with van der Waals surface area (Å²) in [4.78, 5) is 14.7. The van der Waals surface area contributed by atoms with Crippen LogP contribution in [0.1, 0.15) is 16.1 Å². The molecule has 0 aromatic carbocycles. The molecule has 0 bridgehead atoms. The van der Waals surface area contributed by atoms with Crippen molar-refractivity contribution in [2.24, 2.45) is 0 Å². The summed E-state index contributed by atoms with van der Waals surface area (Å²) in [5.41, 5.74) is 0.864. The number of pyridine rings is 1. The van der Waals surface area contributed by atoms with E-state index >= 15 is 0 Å². The normalized spacial score (nSPS) is 10.2. The van der Waals surface area contributed by atoms with Crippen molar-refractivity contribution in [3.8, 4) is 5.88 Å². The zero-order valence-corrected chi connectivity index (χ0v) is 9.20. The molecule has 2 aromatic rings. The molecule has 0 atom stereocenters. The van der Waals surface area contributed by atoms with Crippen LogP contribution in [0.5, 0.6) is 5.88 Å². The summed E-state index contributed by atoms with van der Waals surface area (Å²) in [6, 6.07) is 5.10. The van der Waals surface area contributed by atoms with Crippen molar-refractivity contribution in [1.29, 1.82) is 0 Å². The molecule has 6 nitrogen and oxygen atoms in total. The SMILES string of the molecule is COc1ncccc1Cn1ccc(C(=O)O)n1. The van der Waals surface area contributed by atoms with Crippen molar-refractivity contribution < 1.29 is 14.6 Å². The van der Waals surface area contributed by atoms with Gasteiger partial charge >= 0.3 is 5.97 Å². The van der Waals surface area contributed by atoms with Gasteiger partial charge in [-0.05, 0) is 12.1 Å². The molecule has 0 spiro atoms. The number of rotatable bonds is 4. The van der Waals surface area contributed by atoms with Crippen molar-refractivity contribution in [2.45, 2.75) is 6.54 Å². The molecule has 0 aliphatic rings. The highest BCUT2D eigenvalue weighted by molar-refractivity contribution is 5.85. The monoisotopic (exact) mass is 233 g/mol. The van der Waals surface area contributed by atoms with E-state index in [0.717, 1.165) is 5.56 Å². The van der Waals surface area contributed by atoms with Crippen molar-refractivity contribution in [1.82, 2.24) is 14.8 Å². The molecule has 1 N–H and O–H groups in total. The van der Waals surface area contributed by atoms with Crippen LogP contribution in [0.3, 0.4) is 0 Å². The second kappa shape index (κ2) is 4.65. The first-order chi connectivity index (χ1) is 8.20. The number of hydrogen-bond donors (Lipinski definition) is 1. The summed E-state index contributed by atoms with van der Waals surface area (Å²) in [6.45, 7) is 0.421. The van der Waals surface area contributed by atoms with Gasteiger partial charge in [-0.15, -0.1) is 0 Å². The number of hydrogen-bond acceptors (Lipinski definition) is 4. The fourth-order valence-corrected chi connectivity index (χ4v) is 1.47. The summed E-state index contributed by atoms with van der Waals surface area (Å²) in [6.07, 6.45) is 3.24. The van der Waals surface area contributed by atoms with Crippen molar-refractivity contribution in [2.75, 3.05) is 7.11 Å². The van der Waals surface area contributed by atoms with Crippen LogP contribution in [-0.4, -0.2) is 33.0 Å². The number of aromatic nitrogens is 3. The van der Waals surface area contributed by atoms with E-state index in [1.54, 1.807) is 18.5 Å². The Bertz CT molecular complexity index is 536. The predicted octanol–water partition coefficient (Wildman–Crippen LogP) is 1.03. The van der Waals surface area contributed by atoms with Crippen LogP contribution in [-0.2, 0) is 6.54 Å². The van der Waals surface area contributed by atoms with Gasteiger partial charge in [0.05, 0.1) is 13.7 Å². The molecule has 0 saturated carbocycles. The fourth-order valence-electron chi connectivity index (χ4n) is 1.47. The predicted molar refractivity (Wildman–Crippen MR) is 59.1 cm³/mol. The van der Waals surface area contributed by atoms with Crippen molar-refractivity contribution in [3.63, 3.8) is 0 Å². The topological polar surface area (TPSA) is 77.2 Å². The quantitative estimate of drug-likeness (QED) is 0.853. The van der Waals surface area contributed by atoms with E-state index in [1.807, 2.05) is 6.07 Å². The summed E-state index contributed by atoms with van der Waals surface area (Å²) < 4.78 is 6.63. The number of methoxy groups -OCH3 is 1. The summed E-state index contributed by atoms with van der Waals surface area (Å²) in [5.74, 6) is -0.526. The van der Waals surface area contributed by atoms with Gasteiger partial charge in [-0.1, -0.05) is 6.07 Å². The van der Waals surface area contributed by atoms with Gasteiger partial charge in [-0.25, -0.2) is 9.78 Å². The van der Waals surface area contributed by atoms with Gasteiger partial charge in [0.2, 0.25) is 5.88 Å². The van der Waals surface area contributed by atoms with E-state index in [-0.39, 0.29) is 5.69 Å². The Morgan fingerprint density at radius 2 is 2.35 bits per heavy atom. The van der Waals surface area contributed by atoms with Gasteiger partial charge in [-0.3, -0.25) is 4.68 Å². The average Bonchev–Trinajstić information content (AvgIpc) is 2.78. The second-order valence-corrected chi connectivity index (χ2v) is 3.38. The van der Waals surface area contributed by atoms with Crippen LogP contribution in [0.15, 0.2) is 30.6 Å². The van der Waals surface area contributed by atoms with E-state index in [9.17, 15) is 4.79 Å². The lowest BCUT2D eigenvalue weighted by atomic mass is 10.3. The molecule has 0 unspecified atom stereocenters. The number of aromatic carboxylic acids is 1. The number of ether oxygens (including phenoxy) is 1. The second-order valence-electron chi connectivity index (χ2n) is 3.38. The third kappa shape index (κ3) is 2.41. The fraction of sp³-hybridized carbons (Fsp3) is 0.182. The molecular formula is C11H11N3O3. The average molecular weight is 233 g/mol. The molecule has 6 heteroatoms. The lowest BCUT2D eigenvalue weighted by molar-refractivity contribution is 0.0689. The van der Waals surface area contributed by atoms with E-state index in [4.69, 9.17) is 9.84 Å². The van der Waals surface area contributed by atoms with E-state index in [1.165, 1.54) is 17.9 Å². The third-order valence-electron chi connectivity index (χ3n) is 2.24. The van der Waals surface area contributed by atoms with Crippen LogP contribution in [0.25, 0.3) is 0 Å². The zero-order chi connectivity index (χ0) is 12.3. The van der Waals surface area contributed by atoms with Crippen LogP contribution in [0.2, 0.25) is 0 Å². The van der Waals surface area contributed by atoms with Crippen molar-refractivity contribution >= 4 is 5.97 Å². The van der Waals surface area contributed by atoms with Gasteiger partial charge in [0.25, 0.3) is 0 Å². The van der Waals surface area contributed by atoms with E-state index in [0.29, 0.717) is 12.4 Å². The first-order valence-electron chi connectivity index (χ1n) is 4.95. The first kappa shape index (κ1) is 11.1. The van der Waals surface area contributed by atoms with Crippen LogP contribution >= 0.6 is 0 Å². The molecule has 17 heavy (non-hydrogen) atoms. The summed E-state index contributed by atoms with van der Waals surface area (Å²) in [5, 5.41) is 12.7. The van der Waals surface area contributed by atoms with Gasteiger partial charge in [0.15, 0.2) is 5.69 Å². The molecule has 2 heterocycles. The highest BCUT2D eigenvalue weighted by Crippen LogP contribution is 2.14. The van der Waals surface area contributed by atoms with Gasteiger partial charge in [0.1, 0.15) is 0 Å². The Balaban J connectivity index is 2.22. The first-order valence-corrected chi connectivity index (χ1v) is 4.95. The van der Waals surface area contributed by atoms with E-state index in [2.05, 4.69) is 10.1 Å². The largest absolute Gasteiger partial charge is 0.481 e. The molecular weight excluding hydrogens is 222 g/mol. The minimum Gasteiger partial charge on any atom is -0.481 e. The number of nitrogens with zero attached hydrogens (tertiary/aromatic N) is 3. The lowest BCUT2D eigenvalue weighted by Gasteiger charge is -2.06. The van der Waals surface area contributed by atoms with Crippen LogP contribution in [0.4, 0.5) is 0 Å². The van der Waals surface area contributed by atoms with Crippen LogP contribution < -0.4 is 4.74 Å². The Morgan fingerprint density at radius 3 is 3.00 bits per heavy atom. The summed E-state index contributed by atoms with van der Waals surface area (Å²) in [7, 11) is 1.54. The Morgan fingerprint density at radius 1 is 1.53 bits per heavy atom. The maximum atomic E-state index is 10.7. The molecule has 0 saturated heterocycles. The standard InChI is InChI=1S/C11H11N3O3/c1-17-10-8(3-2-5-12-10)7-14-6-4-9(13-14)11(15)16/h2-6H,7H2,1H3,(H,15,16). The molecule has 0 amide bonds. The number of carboxylic acid groups (broad SMARTS) is 1. The maximum Gasteiger partial charge on any atom is 0.356 e. The molecule has 0 aliphatic heterocycles. The van der Waals surface area contributed by atoms with Crippen molar-refractivity contribution in [3.05, 3.63) is 41.9 Å². The summed E-state index contributed by atoms with van der Waals surface area (Å²) >= 11 is 0. The lowest BCUT2D eigenvalue weighted by Crippen LogP contribution is -2.05. The third-order valence-corrected chi connectivity index (χ3v) is 2.24. The van der Waals surface area contributed by atoms with E-state index < -0.39 is 5.97 Å². The zero-order valence-electron chi connectivity index (χ0n) is 9.20. The smallest absolute Gasteiger partial charge is 0.356 e. The molecule has 88 valence electrons. The molecule has 2 aromatic heterocycles. The Kier molecular flexibility index (Phi) is 3.04. The van der Waals surface area contributed by atoms with Gasteiger partial charge < -0.3 is 9.84 Å². The van der Waals surface area contributed by atoms with Gasteiger partial charge in [-0.2, -0.15) is 5.10 Å². The highest BCUT2D eigenvalue weighted by Gasteiger charge is 2.09. The van der Waals surface area contributed by atoms with Crippen LogP contribution in [0, 0.1) is 0 Å². The highest BCUT2D eigenvalue weighted by atomic mass is 16.5. The minimum absolute atomic E-state index is 0.0212. The molecule has 0 radical (unpaired) electrons. The molecule has 0 fully saturated rings. The minimum atomic E-state index is -1.04. The molecule has 2 rings (SSSR count). The van der Waals surface area contributed by atoms with Gasteiger partial charge in [0, 0.05) is 18.0 Å². The number of carboxylic acids is 1. The number of carbonyl (C=O) groups is 1. The molecule has 0 aliphatic carbocycles. The Labute approximate surface area is 97.5 Å². The Hall–Kier alpha value is -2.37.